The number of aliphatic carboxylic acids is 1. The molecule has 6 nitrogen and oxygen atoms in total. The molecule has 1 saturated heterocycles. The summed E-state index contributed by atoms with van der Waals surface area (Å²) < 4.78 is 54.4. The zero-order valence-corrected chi connectivity index (χ0v) is 14.5. The molecule has 10 heteroatoms. The molecule has 2 amide bonds. The molecular weight excluding hydrogens is 372 g/mol. The van der Waals surface area contributed by atoms with E-state index in [-0.39, 0.29) is 25.6 Å². The van der Waals surface area contributed by atoms with Crippen molar-refractivity contribution in [3.05, 3.63) is 34.9 Å². The van der Waals surface area contributed by atoms with Crippen molar-refractivity contribution in [1.82, 2.24) is 9.80 Å². The van der Waals surface area contributed by atoms with Gasteiger partial charge in [0.2, 0.25) is 5.91 Å². The second-order valence-corrected chi connectivity index (χ2v) is 6.26. The standard InChI is InChI=1S/C17H18F4N2O4/c1-9(24)23(8-13(25)26)10-3-2-5-22(6-4-10)17(27)14-15(20)11(18)7-12(19)16(14)21/h7,10H,2-6,8H2,1H3,(H,25,26). The van der Waals surface area contributed by atoms with Crippen molar-refractivity contribution in [3.8, 4) is 0 Å². The Morgan fingerprint density at radius 1 is 1.11 bits per heavy atom. The zero-order valence-electron chi connectivity index (χ0n) is 14.5. The summed E-state index contributed by atoms with van der Waals surface area (Å²) in [4.78, 5) is 37.2. The van der Waals surface area contributed by atoms with Crippen molar-refractivity contribution in [2.45, 2.75) is 32.2 Å². The Labute approximate surface area is 152 Å². The van der Waals surface area contributed by atoms with Crippen molar-refractivity contribution in [3.63, 3.8) is 0 Å². The Kier molecular flexibility index (Phi) is 6.40. The van der Waals surface area contributed by atoms with E-state index in [1.807, 2.05) is 0 Å². The van der Waals surface area contributed by atoms with Gasteiger partial charge in [0.25, 0.3) is 5.91 Å². The minimum absolute atomic E-state index is 0.0243. The molecule has 1 aliphatic rings. The molecule has 0 aliphatic carbocycles. The highest BCUT2D eigenvalue weighted by molar-refractivity contribution is 5.95. The number of benzene rings is 1. The smallest absolute Gasteiger partial charge is 0.323 e. The van der Waals surface area contributed by atoms with E-state index in [0.29, 0.717) is 12.8 Å². The molecule has 0 spiro atoms. The molecule has 1 N–H and O–H groups in total. The maximum absolute atomic E-state index is 13.9. The lowest BCUT2D eigenvalue weighted by Crippen LogP contribution is -2.43. The summed E-state index contributed by atoms with van der Waals surface area (Å²) in [5.41, 5.74) is -1.31. The van der Waals surface area contributed by atoms with Crippen molar-refractivity contribution in [2.24, 2.45) is 0 Å². The van der Waals surface area contributed by atoms with Crippen LogP contribution in [0.1, 0.15) is 36.5 Å². The number of hydrogen-bond acceptors (Lipinski definition) is 3. The topological polar surface area (TPSA) is 77.9 Å². The molecule has 1 aromatic carbocycles. The number of nitrogens with zero attached hydrogens (tertiary/aromatic N) is 2. The third-order valence-electron chi connectivity index (χ3n) is 4.46. The summed E-state index contributed by atoms with van der Waals surface area (Å²) >= 11 is 0. The molecule has 1 atom stereocenters. The average Bonchev–Trinajstić information content (AvgIpc) is 2.83. The number of hydrogen-bond donors (Lipinski definition) is 1. The summed E-state index contributed by atoms with van der Waals surface area (Å²) in [7, 11) is 0. The van der Waals surface area contributed by atoms with Gasteiger partial charge in [-0.25, -0.2) is 17.6 Å². The molecule has 0 saturated carbocycles. The number of carbonyl (C=O) groups excluding carboxylic acids is 2. The molecule has 1 fully saturated rings. The number of carbonyl (C=O) groups is 3. The fourth-order valence-electron chi connectivity index (χ4n) is 3.16. The molecular formula is C17H18F4N2O4. The molecule has 0 bridgehead atoms. The number of carboxylic acids is 1. The van der Waals surface area contributed by atoms with Gasteiger partial charge >= 0.3 is 5.97 Å². The molecule has 0 radical (unpaired) electrons. The molecule has 0 aromatic heterocycles. The molecule has 1 unspecified atom stereocenters. The lowest BCUT2D eigenvalue weighted by atomic mass is 10.1. The Morgan fingerprint density at radius 3 is 2.22 bits per heavy atom. The Bertz CT molecular complexity index is 746. The summed E-state index contributed by atoms with van der Waals surface area (Å²) in [6.07, 6.45) is 0.861. The van der Waals surface area contributed by atoms with Crippen molar-refractivity contribution in [2.75, 3.05) is 19.6 Å². The minimum atomic E-state index is -1.77. The lowest BCUT2D eigenvalue weighted by Gasteiger charge is -2.29. The van der Waals surface area contributed by atoms with Gasteiger partial charge in [0.15, 0.2) is 23.3 Å². The van der Waals surface area contributed by atoms with Gasteiger partial charge in [0, 0.05) is 32.1 Å². The second-order valence-electron chi connectivity index (χ2n) is 6.26. The molecule has 148 valence electrons. The van der Waals surface area contributed by atoms with E-state index in [1.165, 1.54) is 6.92 Å². The monoisotopic (exact) mass is 390 g/mol. The Balaban J connectivity index is 2.20. The first-order chi connectivity index (χ1) is 12.6. The van der Waals surface area contributed by atoms with Crippen LogP contribution in [0, 0.1) is 23.3 Å². The van der Waals surface area contributed by atoms with E-state index < -0.39 is 59.2 Å². The van der Waals surface area contributed by atoms with Crippen LogP contribution >= 0.6 is 0 Å². The average molecular weight is 390 g/mol. The molecule has 1 heterocycles. The van der Waals surface area contributed by atoms with Crippen molar-refractivity contribution >= 4 is 17.8 Å². The lowest BCUT2D eigenvalue weighted by molar-refractivity contribution is -0.145. The Morgan fingerprint density at radius 2 is 1.70 bits per heavy atom. The zero-order chi connectivity index (χ0) is 20.3. The van der Waals surface area contributed by atoms with Crippen LogP contribution in [-0.2, 0) is 9.59 Å². The normalized spacial score (nSPS) is 17.4. The SMILES string of the molecule is CC(=O)N(CC(=O)O)C1CCCN(C(=O)c2c(F)c(F)cc(F)c2F)CC1. The summed E-state index contributed by atoms with van der Waals surface area (Å²) in [6.45, 7) is 0.707. The van der Waals surface area contributed by atoms with Crippen LogP contribution in [0.5, 0.6) is 0 Å². The first-order valence-corrected chi connectivity index (χ1v) is 8.24. The van der Waals surface area contributed by atoms with E-state index in [0.717, 1.165) is 9.80 Å². The van der Waals surface area contributed by atoms with Crippen LogP contribution in [0.4, 0.5) is 17.6 Å². The van der Waals surface area contributed by atoms with E-state index in [1.54, 1.807) is 0 Å². The fourth-order valence-corrected chi connectivity index (χ4v) is 3.16. The number of amides is 2. The molecule has 1 aromatic rings. The molecule has 2 rings (SSSR count). The van der Waals surface area contributed by atoms with Crippen molar-refractivity contribution < 1.29 is 37.1 Å². The van der Waals surface area contributed by atoms with Crippen LogP contribution in [0.3, 0.4) is 0 Å². The van der Waals surface area contributed by atoms with Gasteiger partial charge in [-0.15, -0.1) is 0 Å². The first-order valence-electron chi connectivity index (χ1n) is 8.24. The van der Waals surface area contributed by atoms with Gasteiger partial charge < -0.3 is 14.9 Å². The third-order valence-corrected chi connectivity index (χ3v) is 4.46. The van der Waals surface area contributed by atoms with Crippen LogP contribution < -0.4 is 0 Å². The van der Waals surface area contributed by atoms with Gasteiger partial charge in [-0.05, 0) is 19.3 Å². The maximum Gasteiger partial charge on any atom is 0.323 e. The highest BCUT2D eigenvalue weighted by Gasteiger charge is 2.31. The van der Waals surface area contributed by atoms with Crippen LogP contribution in [0.25, 0.3) is 0 Å². The molecule has 1 aliphatic heterocycles. The van der Waals surface area contributed by atoms with Gasteiger partial charge in [0.05, 0.1) is 0 Å². The predicted molar refractivity (Wildman–Crippen MR) is 84.8 cm³/mol. The number of likely N-dealkylation sites (tertiary alicyclic amines) is 1. The van der Waals surface area contributed by atoms with E-state index in [9.17, 15) is 31.9 Å². The fraction of sp³-hybridized carbons (Fsp3) is 0.471. The molecule has 27 heavy (non-hydrogen) atoms. The van der Waals surface area contributed by atoms with Gasteiger partial charge in [-0.3, -0.25) is 14.4 Å². The van der Waals surface area contributed by atoms with Gasteiger partial charge in [-0.2, -0.15) is 0 Å². The van der Waals surface area contributed by atoms with Gasteiger partial charge in [-0.1, -0.05) is 0 Å². The third kappa shape index (κ3) is 4.55. The van der Waals surface area contributed by atoms with E-state index >= 15 is 0 Å². The summed E-state index contributed by atoms with van der Waals surface area (Å²) in [5, 5.41) is 8.92. The highest BCUT2D eigenvalue weighted by Crippen LogP contribution is 2.24. The van der Waals surface area contributed by atoms with E-state index in [2.05, 4.69) is 0 Å². The maximum atomic E-state index is 13.9. The quantitative estimate of drug-likeness (QED) is 0.632. The van der Waals surface area contributed by atoms with Crippen LogP contribution in [0.2, 0.25) is 0 Å². The summed E-state index contributed by atoms with van der Waals surface area (Å²) in [6, 6.07) is -0.452. The largest absolute Gasteiger partial charge is 0.480 e. The summed E-state index contributed by atoms with van der Waals surface area (Å²) in [5.74, 6) is -9.72. The number of carboxylic acid groups (broad SMARTS) is 1. The highest BCUT2D eigenvalue weighted by atomic mass is 19.2. The van der Waals surface area contributed by atoms with Gasteiger partial charge in [0.1, 0.15) is 12.1 Å². The second kappa shape index (κ2) is 8.36. The van der Waals surface area contributed by atoms with Crippen LogP contribution in [0.15, 0.2) is 6.07 Å². The minimum Gasteiger partial charge on any atom is -0.480 e. The number of rotatable bonds is 4. The Hall–Kier alpha value is -2.65. The first kappa shape index (κ1) is 20.7. The predicted octanol–water partition coefficient (Wildman–Crippen LogP) is 2.17. The van der Waals surface area contributed by atoms with E-state index in [4.69, 9.17) is 5.11 Å². The van der Waals surface area contributed by atoms with Crippen LogP contribution in [-0.4, -0.2) is 58.4 Å². The van der Waals surface area contributed by atoms with Crippen molar-refractivity contribution in [1.29, 1.82) is 0 Å². The number of halogens is 4.